The number of amides is 1. The number of benzene rings is 2. The standard InChI is InChI=1S/C15H13N3O3/c1-20-11-5-10(15(18)19)6-12(7-11)21-14-4-9(8-16)2-3-13(14)17/h2-7H,17H2,1H3,(H2,18,19). The minimum atomic E-state index is -0.600. The zero-order chi connectivity index (χ0) is 15.4. The van der Waals surface area contributed by atoms with Crippen LogP contribution in [0.3, 0.4) is 0 Å². The number of anilines is 1. The number of primary amides is 1. The normalized spacial score (nSPS) is 9.71. The van der Waals surface area contributed by atoms with Crippen molar-refractivity contribution in [3.8, 4) is 23.3 Å². The first-order valence-corrected chi connectivity index (χ1v) is 6.00. The van der Waals surface area contributed by atoms with Crippen LogP contribution < -0.4 is 20.9 Å². The van der Waals surface area contributed by atoms with Crippen LogP contribution in [-0.2, 0) is 0 Å². The van der Waals surface area contributed by atoms with Crippen molar-refractivity contribution in [1.82, 2.24) is 0 Å². The van der Waals surface area contributed by atoms with Gasteiger partial charge in [0.05, 0.1) is 24.4 Å². The van der Waals surface area contributed by atoms with Gasteiger partial charge in [-0.15, -0.1) is 0 Å². The smallest absolute Gasteiger partial charge is 0.248 e. The summed E-state index contributed by atoms with van der Waals surface area (Å²) in [5.74, 6) is 0.483. The first-order valence-electron chi connectivity index (χ1n) is 6.00. The molecular weight excluding hydrogens is 270 g/mol. The third-order valence-corrected chi connectivity index (χ3v) is 2.77. The number of nitrogen functional groups attached to an aromatic ring is 1. The Morgan fingerprint density at radius 3 is 2.52 bits per heavy atom. The van der Waals surface area contributed by atoms with Crippen molar-refractivity contribution in [3.63, 3.8) is 0 Å². The van der Waals surface area contributed by atoms with Crippen LogP contribution in [0.2, 0.25) is 0 Å². The lowest BCUT2D eigenvalue weighted by Crippen LogP contribution is -2.11. The van der Waals surface area contributed by atoms with Gasteiger partial charge in [0, 0.05) is 17.7 Å². The maximum absolute atomic E-state index is 11.3. The predicted molar refractivity (Wildman–Crippen MR) is 77.2 cm³/mol. The van der Waals surface area contributed by atoms with Crippen molar-refractivity contribution in [1.29, 1.82) is 5.26 Å². The van der Waals surface area contributed by atoms with Gasteiger partial charge in [-0.25, -0.2) is 0 Å². The van der Waals surface area contributed by atoms with E-state index in [4.69, 9.17) is 26.2 Å². The van der Waals surface area contributed by atoms with Crippen LogP contribution in [0, 0.1) is 11.3 Å². The van der Waals surface area contributed by atoms with E-state index in [1.165, 1.54) is 25.3 Å². The molecule has 4 N–H and O–H groups in total. The average Bonchev–Trinajstić information content (AvgIpc) is 2.49. The number of carbonyl (C=O) groups excluding carboxylic acids is 1. The van der Waals surface area contributed by atoms with Gasteiger partial charge in [-0.3, -0.25) is 4.79 Å². The molecule has 0 spiro atoms. The maximum Gasteiger partial charge on any atom is 0.248 e. The summed E-state index contributed by atoms with van der Waals surface area (Å²) < 4.78 is 10.7. The SMILES string of the molecule is COc1cc(Oc2cc(C#N)ccc2N)cc(C(N)=O)c1. The van der Waals surface area contributed by atoms with Crippen LogP contribution in [0.15, 0.2) is 36.4 Å². The van der Waals surface area contributed by atoms with E-state index in [2.05, 4.69) is 0 Å². The molecule has 2 rings (SSSR count). The Morgan fingerprint density at radius 1 is 1.19 bits per heavy atom. The molecule has 1 amide bonds. The molecule has 0 unspecified atom stereocenters. The van der Waals surface area contributed by atoms with E-state index in [1.54, 1.807) is 18.2 Å². The van der Waals surface area contributed by atoms with E-state index in [1.807, 2.05) is 6.07 Å². The summed E-state index contributed by atoms with van der Waals surface area (Å²) in [7, 11) is 1.47. The van der Waals surface area contributed by atoms with Gasteiger partial charge < -0.3 is 20.9 Å². The second kappa shape index (κ2) is 5.84. The van der Waals surface area contributed by atoms with Gasteiger partial charge in [-0.2, -0.15) is 5.26 Å². The average molecular weight is 283 g/mol. The summed E-state index contributed by atoms with van der Waals surface area (Å²) in [6.45, 7) is 0. The van der Waals surface area contributed by atoms with Crippen LogP contribution in [0.4, 0.5) is 5.69 Å². The Hall–Kier alpha value is -3.20. The maximum atomic E-state index is 11.3. The van der Waals surface area contributed by atoms with Gasteiger partial charge in [0.25, 0.3) is 0 Å². The number of ether oxygens (including phenoxy) is 2. The van der Waals surface area contributed by atoms with Crippen LogP contribution in [0.5, 0.6) is 17.2 Å². The summed E-state index contributed by atoms with van der Waals surface area (Å²) in [5, 5.41) is 8.89. The first kappa shape index (κ1) is 14.2. The summed E-state index contributed by atoms with van der Waals surface area (Å²) in [6.07, 6.45) is 0. The van der Waals surface area contributed by atoms with E-state index in [9.17, 15) is 4.79 Å². The van der Waals surface area contributed by atoms with Crippen molar-refractivity contribution in [2.24, 2.45) is 5.73 Å². The van der Waals surface area contributed by atoms with Crippen molar-refractivity contribution in [3.05, 3.63) is 47.5 Å². The van der Waals surface area contributed by atoms with Crippen LogP contribution in [-0.4, -0.2) is 13.0 Å². The molecule has 6 nitrogen and oxygen atoms in total. The van der Waals surface area contributed by atoms with E-state index in [0.717, 1.165) is 0 Å². The second-order valence-electron chi connectivity index (χ2n) is 4.23. The molecule has 2 aromatic carbocycles. The number of nitriles is 1. The Kier molecular flexibility index (Phi) is 3.95. The largest absolute Gasteiger partial charge is 0.497 e. The molecule has 0 saturated carbocycles. The molecule has 2 aromatic rings. The number of hydrogen-bond donors (Lipinski definition) is 2. The fourth-order valence-electron chi connectivity index (χ4n) is 1.71. The van der Waals surface area contributed by atoms with E-state index >= 15 is 0 Å². The number of hydrogen-bond acceptors (Lipinski definition) is 5. The molecule has 0 heterocycles. The monoisotopic (exact) mass is 283 g/mol. The molecule has 0 fully saturated rings. The predicted octanol–water partition coefficient (Wildman–Crippen LogP) is 2.04. The lowest BCUT2D eigenvalue weighted by Gasteiger charge is -2.11. The van der Waals surface area contributed by atoms with E-state index < -0.39 is 5.91 Å². The molecule has 0 aromatic heterocycles. The Labute approximate surface area is 121 Å². The molecule has 0 aliphatic carbocycles. The molecule has 0 aliphatic rings. The highest BCUT2D eigenvalue weighted by Crippen LogP contribution is 2.31. The molecule has 0 aliphatic heterocycles. The zero-order valence-corrected chi connectivity index (χ0v) is 11.3. The summed E-state index contributed by atoms with van der Waals surface area (Å²) >= 11 is 0. The van der Waals surface area contributed by atoms with Crippen molar-refractivity contribution >= 4 is 11.6 Å². The molecule has 0 radical (unpaired) electrons. The van der Waals surface area contributed by atoms with Crippen molar-refractivity contribution in [2.75, 3.05) is 12.8 Å². The van der Waals surface area contributed by atoms with Gasteiger partial charge in [0.2, 0.25) is 5.91 Å². The molecule has 21 heavy (non-hydrogen) atoms. The Morgan fingerprint density at radius 2 is 1.90 bits per heavy atom. The topological polar surface area (TPSA) is 111 Å². The van der Waals surface area contributed by atoms with Gasteiger partial charge in [-0.1, -0.05) is 0 Å². The fourth-order valence-corrected chi connectivity index (χ4v) is 1.71. The second-order valence-corrected chi connectivity index (χ2v) is 4.23. The third-order valence-electron chi connectivity index (χ3n) is 2.77. The number of nitrogens with two attached hydrogens (primary N) is 2. The minimum absolute atomic E-state index is 0.249. The van der Waals surface area contributed by atoms with Crippen LogP contribution >= 0.6 is 0 Å². The van der Waals surface area contributed by atoms with E-state index in [-0.39, 0.29) is 5.56 Å². The number of carbonyl (C=O) groups is 1. The van der Waals surface area contributed by atoms with Gasteiger partial charge in [-0.05, 0) is 24.3 Å². The highest BCUT2D eigenvalue weighted by Gasteiger charge is 2.09. The van der Waals surface area contributed by atoms with Crippen LogP contribution in [0.1, 0.15) is 15.9 Å². The molecule has 0 bridgehead atoms. The third kappa shape index (κ3) is 3.22. The highest BCUT2D eigenvalue weighted by atomic mass is 16.5. The summed E-state index contributed by atoms with van der Waals surface area (Å²) in [6, 6.07) is 11.2. The van der Waals surface area contributed by atoms with Crippen molar-refractivity contribution in [2.45, 2.75) is 0 Å². The quantitative estimate of drug-likeness (QED) is 0.834. The van der Waals surface area contributed by atoms with E-state index in [0.29, 0.717) is 28.5 Å². The molecule has 0 atom stereocenters. The molecular formula is C15H13N3O3. The molecule has 106 valence electrons. The summed E-state index contributed by atoms with van der Waals surface area (Å²) in [4.78, 5) is 11.3. The Balaban J connectivity index is 2.41. The number of nitrogens with zero attached hydrogens (tertiary/aromatic N) is 1. The molecule has 0 saturated heterocycles. The van der Waals surface area contributed by atoms with Crippen LogP contribution in [0.25, 0.3) is 0 Å². The lowest BCUT2D eigenvalue weighted by molar-refractivity contribution is 0.0999. The fraction of sp³-hybridized carbons (Fsp3) is 0.0667. The summed E-state index contributed by atoms with van der Waals surface area (Å²) in [5.41, 5.74) is 12.1. The minimum Gasteiger partial charge on any atom is -0.497 e. The van der Waals surface area contributed by atoms with Crippen molar-refractivity contribution < 1.29 is 14.3 Å². The molecule has 6 heteroatoms. The Bertz CT molecular complexity index is 735. The van der Waals surface area contributed by atoms with Gasteiger partial charge in [0.1, 0.15) is 11.5 Å². The highest BCUT2D eigenvalue weighted by molar-refractivity contribution is 5.93. The number of methoxy groups -OCH3 is 1. The van der Waals surface area contributed by atoms with Gasteiger partial charge >= 0.3 is 0 Å². The van der Waals surface area contributed by atoms with Gasteiger partial charge in [0.15, 0.2) is 5.75 Å². The first-order chi connectivity index (χ1) is 10.0. The zero-order valence-electron chi connectivity index (χ0n) is 11.3. The number of rotatable bonds is 4. The lowest BCUT2D eigenvalue weighted by atomic mass is 10.2.